The predicted octanol–water partition coefficient (Wildman–Crippen LogP) is 4.45. The summed E-state index contributed by atoms with van der Waals surface area (Å²) in [7, 11) is 0. The SMILES string of the molecule is O=C(c1ccc(Nc2ccc(F)c(F)c2F)nc1)N1CCc2ccccc21. The number of rotatable bonds is 3. The number of pyridine rings is 1. The van der Waals surface area contributed by atoms with Crippen molar-refractivity contribution in [3.8, 4) is 0 Å². The fourth-order valence-corrected chi connectivity index (χ4v) is 3.06. The molecule has 1 N–H and O–H groups in total. The third-order valence-corrected chi connectivity index (χ3v) is 4.44. The van der Waals surface area contributed by atoms with Crippen LogP contribution in [0.5, 0.6) is 0 Å². The van der Waals surface area contributed by atoms with Crippen LogP contribution in [0.25, 0.3) is 0 Å². The maximum absolute atomic E-state index is 13.7. The quantitative estimate of drug-likeness (QED) is 0.694. The summed E-state index contributed by atoms with van der Waals surface area (Å²) in [6.07, 6.45) is 2.16. The summed E-state index contributed by atoms with van der Waals surface area (Å²) >= 11 is 0. The van der Waals surface area contributed by atoms with Crippen molar-refractivity contribution in [3.05, 3.63) is 83.3 Å². The van der Waals surface area contributed by atoms with Crippen molar-refractivity contribution in [3.63, 3.8) is 0 Å². The second kappa shape index (κ2) is 6.75. The van der Waals surface area contributed by atoms with E-state index in [1.807, 2.05) is 24.3 Å². The lowest BCUT2D eigenvalue weighted by Gasteiger charge is -2.17. The van der Waals surface area contributed by atoms with Crippen LogP contribution in [-0.2, 0) is 6.42 Å². The first-order valence-electron chi connectivity index (χ1n) is 8.31. The summed E-state index contributed by atoms with van der Waals surface area (Å²) < 4.78 is 40.0. The number of hydrogen-bond donors (Lipinski definition) is 1. The second-order valence-corrected chi connectivity index (χ2v) is 6.12. The Morgan fingerprint density at radius 1 is 1.00 bits per heavy atom. The molecule has 0 atom stereocenters. The molecule has 0 aliphatic carbocycles. The van der Waals surface area contributed by atoms with E-state index in [2.05, 4.69) is 10.3 Å². The van der Waals surface area contributed by atoms with E-state index in [0.29, 0.717) is 12.1 Å². The van der Waals surface area contributed by atoms with E-state index in [0.717, 1.165) is 29.8 Å². The van der Waals surface area contributed by atoms with Crippen LogP contribution in [0.1, 0.15) is 15.9 Å². The molecule has 0 bridgehead atoms. The van der Waals surface area contributed by atoms with Crippen LogP contribution in [0, 0.1) is 17.5 Å². The lowest BCUT2D eigenvalue weighted by atomic mass is 10.2. The Labute approximate surface area is 153 Å². The molecule has 2 heterocycles. The van der Waals surface area contributed by atoms with Gasteiger partial charge in [0.05, 0.1) is 11.3 Å². The number of anilines is 3. The van der Waals surface area contributed by atoms with Crippen LogP contribution in [0.3, 0.4) is 0 Å². The van der Waals surface area contributed by atoms with Crippen LogP contribution in [-0.4, -0.2) is 17.4 Å². The fourth-order valence-electron chi connectivity index (χ4n) is 3.06. The summed E-state index contributed by atoms with van der Waals surface area (Å²) in [4.78, 5) is 18.5. The number of aromatic nitrogens is 1. The van der Waals surface area contributed by atoms with Crippen molar-refractivity contribution in [2.24, 2.45) is 0 Å². The van der Waals surface area contributed by atoms with E-state index in [4.69, 9.17) is 0 Å². The monoisotopic (exact) mass is 369 g/mol. The molecule has 0 fully saturated rings. The van der Waals surface area contributed by atoms with Gasteiger partial charge in [-0.3, -0.25) is 4.79 Å². The summed E-state index contributed by atoms with van der Waals surface area (Å²) in [5.74, 6) is -4.13. The van der Waals surface area contributed by atoms with Gasteiger partial charge in [0.1, 0.15) is 5.82 Å². The van der Waals surface area contributed by atoms with Gasteiger partial charge in [0, 0.05) is 18.4 Å². The zero-order chi connectivity index (χ0) is 19.0. The number of fused-ring (bicyclic) bond motifs is 1. The maximum atomic E-state index is 13.7. The van der Waals surface area contributed by atoms with E-state index in [1.54, 1.807) is 11.0 Å². The Hall–Kier alpha value is -3.35. The number of halogens is 3. The number of hydrogen-bond acceptors (Lipinski definition) is 3. The van der Waals surface area contributed by atoms with Gasteiger partial charge in [-0.2, -0.15) is 0 Å². The van der Waals surface area contributed by atoms with Gasteiger partial charge in [0.15, 0.2) is 17.5 Å². The Morgan fingerprint density at radius 3 is 2.59 bits per heavy atom. The van der Waals surface area contributed by atoms with Gasteiger partial charge < -0.3 is 10.2 Å². The minimum Gasteiger partial charge on any atom is -0.338 e. The summed E-state index contributed by atoms with van der Waals surface area (Å²) in [6.45, 7) is 0.595. The first-order valence-corrected chi connectivity index (χ1v) is 8.31. The lowest BCUT2D eigenvalue weighted by Crippen LogP contribution is -2.28. The number of carbonyl (C=O) groups is 1. The molecular weight excluding hydrogens is 355 g/mol. The van der Waals surface area contributed by atoms with Crippen molar-refractivity contribution < 1.29 is 18.0 Å². The largest absolute Gasteiger partial charge is 0.338 e. The highest BCUT2D eigenvalue weighted by Crippen LogP contribution is 2.29. The second-order valence-electron chi connectivity index (χ2n) is 6.12. The molecule has 136 valence electrons. The highest BCUT2D eigenvalue weighted by Gasteiger charge is 2.25. The van der Waals surface area contributed by atoms with Gasteiger partial charge in [-0.25, -0.2) is 18.2 Å². The Bertz CT molecular complexity index is 1020. The zero-order valence-corrected chi connectivity index (χ0v) is 14.0. The first kappa shape index (κ1) is 17.1. The van der Waals surface area contributed by atoms with Crippen LogP contribution in [0.15, 0.2) is 54.7 Å². The van der Waals surface area contributed by atoms with Gasteiger partial charge in [-0.15, -0.1) is 0 Å². The van der Waals surface area contributed by atoms with E-state index >= 15 is 0 Å². The van der Waals surface area contributed by atoms with Gasteiger partial charge >= 0.3 is 0 Å². The number of amides is 1. The molecule has 0 saturated carbocycles. The van der Waals surface area contributed by atoms with E-state index < -0.39 is 17.5 Å². The molecule has 3 aromatic rings. The summed E-state index contributed by atoms with van der Waals surface area (Å²) in [5, 5.41) is 2.57. The zero-order valence-electron chi connectivity index (χ0n) is 14.0. The molecule has 0 spiro atoms. The minimum absolute atomic E-state index is 0.182. The highest BCUT2D eigenvalue weighted by molar-refractivity contribution is 6.07. The third-order valence-electron chi connectivity index (χ3n) is 4.44. The van der Waals surface area contributed by atoms with Crippen LogP contribution in [0.2, 0.25) is 0 Å². The standard InChI is InChI=1S/C20H14F3N3O/c21-14-6-7-15(19(23)18(14)22)25-17-8-5-13(11-24-17)20(27)26-10-9-12-3-1-2-4-16(12)26/h1-8,11H,9-10H2,(H,24,25). The molecule has 7 heteroatoms. The molecule has 0 unspecified atom stereocenters. The smallest absolute Gasteiger partial charge is 0.259 e. The molecule has 1 aliphatic heterocycles. The molecule has 1 amide bonds. The van der Waals surface area contributed by atoms with Crippen LogP contribution < -0.4 is 10.2 Å². The number of carbonyl (C=O) groups excluding carboxylic acids is 1. The lowest BCUT2D eigenvalue weighted by molar-refractivity contribution is 0.0989. The Morgan fingerprint density at radius 2 is 1.81 bits per heavy atom. The molecule has 4 nitrogen and oxygen atoms in total. The average molecular weight is 369 g/mol. The van der Waals surface area contributed by atoms with E-state index in [-0.39, 0.29) is 17.4 Å². The third kappa shape index (κ3) is 3.12. The van der Waals surface area contributed by atoms with Crippen molar-refractivity contribution >= 4 is 23.1 Å². The maximum Gasteiger partial charge on any atom is 0.259 e. The fraction of sp³-hybridized carbons (Fsp3) is 0.100. The van der Waals surface area contributed by atoms with Crippen molar-refractivity contribution in [2.75, 3.05) is 16.8 Å². The number of nitrogens with zero attached hydrogens (tertiary/aromatic N) is 2. The van der Waals surface area contributed by atoms with E-state index in [9.17, 15) is 18.0 Å². The highest BCUT2D eigenvalue weighted by atomic mass is 19.2. The van der Waals surface area contributed by atoms with Crippen molar-refractivity contribution in [2.45, 2.75) is 6.42 Å². The molecule has 2 aromatic carbocycles. The molecule has 27 heavy (non-hydrogen) atoms. The Balaban J connectivity index is 1.53. The number of nitrogens with one attached hydrogen (secondary N) is 1. The van der Waals surface area contributed by atoms with Gasteiger partial charge in [0.2, 0.25) is 0 Å². The predicted molar refractivity (Wildman–Crippen MR) is 95.7 cm³/mol. The average Bonchev–Trinajstić information content (AvgIpc) is 3.12. The molecule has 0 radical (unpaired) electrons. The van der Waals surface area contributed by atoms with Crippen LogP contribution in [0.4, 0.5) is 30.4 Å². The Kier molecular flexibility index (Phi) is 4.27. The normalized spacial score (nSPS) is 12.8. The summed E-state index contributed by atoms with van der Waals surface area (Å²) in [5.41, 5.74) is 2.14. The molecule has 1 aromatic heterocycles. The number of para-hydroxylation sites is 1. The van der Waals surface area contributed by atoms with Gasteiger partial charge in [-0.1, -0.05) is 18.2 Å². The van der Waals surface area contributed by atoms with Gasteiger partial charge in [0.25, 0.3) is 5.91 Å². The topological polar surface area (TPSA) is 45.2 Å². The molecule has 4 rings (SSSR count). The van der Waals surface area contributed by atoms with Gasteiger partial charge in [-0.05, 0) is 42.3 Å². The van der Waals surface area contributed by atoms with Crippen molar-refractivity contribution in [1.29, 1.82) is 0 Å². The molecule has 1 aliphatic rings. The van der Waals surface area contributed by atoms with Crippen molar-refractivity contribution in [1.82, 2.24) is 4.98 Å². The number of benzene rings is 2. The summed E-state index contributed by atoms with van der Waals surface area (Å²) in [6, 6.07) is 12.6. The minimum atomic E-state index is -1.56. The molecule has 0 saturated heterocycles. The first-order chi connectivity index (χ1) is 13.0. The van der Waals surface area contributed by atoms with E-state index in [1.165, 1.54) is 12.3 Å². The van der Waals surface area contributed by atoms with Crippen LogP contribution >= 0.6 is 0 Å². The molecular formula is C20H14F3N3O.